The van der Waals surface area contributed by atoms with E-state index in [0.717, 1.165) is 57.8 Å². The van der Waals surface area contributed by atoms with Crippen molar-refractivity contribution in [2.45, 2.75) is 331 Å². The van der Waals surface area contributed by atoms with E-state index in [9.17, 15) is 45.6 Å². The number of ether oxygens (including phenoxy) is 4. The minimum absolute atomic E-state index is 0.249. The lowest BCUT2D eigenvalue weighted by Crippen LogP contribution is -2.65. The van der Waals surface area contributed by atoms with Crippen molar-refractivity contribution in [3.63, 3.8) is 0 Å². The Morgan fingerprint density at radius 1 is 0.451 bits per heavy atom. The number of nitrogens with one attached hydrogen (secondary N) is 1. The lowest BCUT2D eigenvalue weighted by molar-refractivity contribution is -0.359. The molecule has 82 heavy (non-hydrogen) atoms. The predicted molar refractivity (Wildman–Crippen MR) is 332 cm³/mol. The summed E-state index contributed by atoms with van der Waals surface area (Å²) in [5.41, 5.74) is 0. The highest BCUT2D eigenvalue weighted by molar-refractivity contribution is 5.76. The van der Waals surface area contributed by atoms with Crippen LogP contribution in [0.3, 0.4) is 0 Å². The molecule has 14 heteroatoms. The predicted octanol–water partition coefficient (Wildman–Crippen LogP) is 12.7. The molecule has 0 aromatic rings. The van der Waals surface area contributed by atoms with Crippen LogP contribution >= 0.6 is 0 Å². The third-order valence-corrected chi connectivity index (χ3v) is 15.9. The van der Waals surface area contributed by atoms with Crippen LogP contribution < -0.4 is 5.32 Å². The number of carbonyl (C=O) groups is 1. The van der Waals surface area contributed by atoms with Gasteiger partial charge in [0.1, 0.15) is 48.8 Å². The molecule has 0 saturated carbocycles. The molecule has 2 aliphatic rings. The second-order valence-electron chi connectivity index (χ2n) is 23.2. The standard InChI is InChI=1S/C68H121NO13/c1-3-5-7-9-11-13-15-17-19-21-23-24-25-26-27-28-29-30-31-32-34-36-38-40-42-44-46-48-50-52-60(73)69-56(57(72)51-49-47-45-43-41-39-37-35-33-22-20-18-16-14-12-10-8-6-4-2)55-79-67-65(78)63(76)66(59(54-71)81-67)82-68-64(77)62(75)61(74)58(53-70)80-68/h5,7,11,13,17,19,23-24,41,43,49,51,56-59,61-68,70-72,74-78H,3-4,6,8-10,12,14-16,18,20-22,25-40,42,44-48,50,52-55H2,1-2H3,(H,69,73)/b7-5-,13-11-,19-17-,24-23-,43-41+,51-49+. The molecule has 1 amide bonds. The fourth-order valence-electron chi connectivity index (χ4n) is 10.6. The van der Waals surface area contributed by atoms with Crippen LogP contribution in [-0.4, -0.2) is 140 Å². The number of aliphatic hydroxyl groups excluding tert-OH is 8. The fourth-order valence-corrected chi connectivity index (χ4v) is 10.6. The first-order valence-corrected chi connectivity index (χ1v) is 33.2. The Hall–Kier alpha value is -2.57. The Morgan fingerprint density at radius 3 is 1.34 bits per heavy atom. The smallest absolute Gasteiger partial charge is 0.220 e. The molecule has 2 aliphatic heterocycles. The average Bonchev–Trinajstić information content (AvgIpc) is 3.65. The molecular formula is C68H121NO13. The summed E-state index contributed by atoms with van der Waals surface area (Å²) in [5.74, 6) is -0.249. The number of hydrogen-bond acceptors (Lipinski definition) is 13. The molecular weight excluding hydrogens is 1040 g/mol. The number of carbonyl (C=O) groups excluding carboxylic acids is 1. The maximum atomic E-state index is 13.3. The normalized spacial score (nSPS) is 24.4. The lowest BCUT2D eigenvalue weighted by atomic mass is 9.97. The van der Waals surface area contributed by atoms with Gasteiger partial charge in [0, 0.05) is 6.42 Å². The van der Waals surface area contributed by atoms with E-state index in [2.05, 4.69) is 79.9 Å². The molecule has 9 N–H and O–H groups in total. The molecule has 2 fully saturated rings. The van der Waals surface area contributed by atoms with Crippen LogP contribution in [0.15, 0.2) is 72.9 Å². The molecule has 0 radical (unpaired) electrons. The quantitative estimate of drug-likeness (QED) is 0.0204. The van der Waals surface area contributed by atoms with Crippen LogP contribution in [0, 0.1) is 0 Å². The molecule has 2 saturated heterocycles. The summed E-state index contributed by atoms with van der Waals surface area (Å²) >= 11 is 0. The van der Waals surface area contributed by atoms with E-state index in [1.165, 1.54) is 167 Å². The first-order chi connectivity index (χ1) is 40.1. The van der Waals surface area contributed by atoms with Crippen molar-refractivity contribution in [3.05, 3.63) is 72.9 Å². The Labute approximate surface area is 498 Å². The average molecular weight is 1160 g/mol. The summed E-state index contributed by atoms with van der Waals surface area (Å²) < 4.78 is 22.8. The van der Waals surface area contributed by atoms with E-state index in [1.54, 1.807) is 6.08 Å². The van der Waals surface area contributed by atoms with E-state index < -0.39 is 86.8 Å². The second-order valence-corrected chi connectivity index (χ2v) is 23.2. The Balaban J connectivity index is 1.70. The van der Waals surface area contributed by atoms with Crippen LogP contribution in [0.1, 0.15) is 258 Å². The van der Waals surface area contributed by atoms with Crippen molar-refractivity contribution >= 4 is 5.91 Å². The van der Waals surface area contributed by atoms with Crippen molar-refractivity contribution < 1.29 is 64.6 Å². The Morgan fingerprint density at radius 2 is 0.854 bits per heavy atom. The summed E-state index contributed by atoms with van der Waals surface area (Å²) in [6, 6.07) is -0.934. The van der Waals surface area contributed by atoms with Gasteiger partial charge in [-0.3, -0.25) is 4.79 Å². The maximum absolute atomic E-state index is 13.3. The first-order valence-electron chi connectivity index (χ1n) is 33.2. The summed E-state index contributed by atoms with van der Waals surface area (Å²) in [6.45, 7) is 2.69. The molecule has 0 aromatic heterocycles. The van der Waals surface area contributed by atoms with Gasteiger partial charge in [-0.25, -0.2) is 0 Å². The van der Waals surface area contributed by atoms with E-state index in [-0.39, 0.29) is 18.9 Å². The zero-order valence-corrected chi connectivity index (χ0v) is 51.5. The van der Waals surface area contributed by atoms with Crippen molar-refractivity contribution in [2.24, 2.45) is 0 Å². The Bertz CT molecular complexity index is 1650. The number of unbranched alkanes of at least 4 members (excludes halogenated alkanes) is 30. The van der Waals surface area contributed by atoms with Gasteiger partial charge < -0.3 is 65.1 Å². The van der Waals surface area contributed by atoms with Crippen molar-refractivity contribution in [1.29, 1.82) is 0 Å². The highest BCUT2D eigenvalue weighted by Gasteiger charge is 2.51. The number of rotatable bonds is 53. The number of aliphatic hydroxyl groups is 8. The van der Waals surface area contributed by atoms with Crippen LogP contribution in [-0.2, 0) is 23.7 Å². The van der Waals surface area contributed by atoms with Gasteiger partial charge in [0.05, 0.1) is 32.0 Å². The van der Waals surface area contributed by atoms with Crippen molar-refractivity contribution in [2.75, 3.05) is 19.8 Å². The van der Waals surface area contributed by atoms with Gasteiger partial charge >= 0.3 is 0 Å². The second kappa shape index (κ2) is 52.7. The lowest BCUT2D eigenvalue weighted by Gasteiger charge is -2.46. The van der Waals surface area contributed by atoms with Gasteiger partial charge in [0.15, 0.2) is 12.6 Å². The Kier molecular flexibility index (Phi) is 48.6. The SMILES string of the molecule is CC/C=C\C/C=C\C/C=C\C/C=C\CCCCCCCCCCCCCCCCCCC(=O)NC(COC1OC(CO)C(OC2OC(CO)C(O)C(O)C2O)C(O)C1O)C(O)/C=C/CC/C=C/CCCCCCCCCCCCCCC. The van der Waals surface area contributed by atoms with Crippen LogP contribution in [0.4, 0.5) is 0 Å². The van der Waals surface area contributed by atoms with Crippen molar-refractivity contribution in [3.8, 4) is 0 Å². The molecule has 2 heterocycles. The highest BCUT2D eigenvalue weighted by Crippen LogP contribution is 2.30. The molecule has 0 spiro atoms. The summed E-state index contributed by atoms with van der Waals surface area (Å²) in [6.07, 6.45) is 53.8. The summed E-state index contributed by atoms with van der Waals surface area (Å²) in [4.78, 5) is 13.3. The molecule has 2 rings (SSSR count). The van der Waals surface area contributed by atoms with E-state index in [0.29, 0.717) is 12.8 Å². The minimum atomic E-state index is -1.79. The first kappa shape index (κ1) is 75.5. The van der Waals surface area contributed by atoms with Gasteiger partial charge in [-0.15, -0.1) is 0 Å². The maximum Gasteiger partial charge on any atom is 0.220 e. The number of amides is 1. The van der Waals surface area contributed by atoms with Crippen LogP contribution in [0.25, 0.3) is 0 Å². The zero-order valence-electron chi connectivity index (χ0n) is 51.5. The van der Waals surface area contributed by atoms with Crippen molar-refractivity contribution in [1.82, 2.24) is 5.32 Å². The molecule has 0 bridgehead atoms. The van der Waals surface area contributed by atoms with Gasteiger partial charge in [0.2, 0.25) is 5.91 Å². The minimum Gasteiger partial charge on any atom is -0.394 e. The molecule has 476 valence electrons. The van der Waals surface area contributed by atoms with Gasteiger partial charge in [-0.2, -0.15) is 0 Å². The third-order valence-electron chi connectivity index (χ3n) is 15.9. The molecule has 14 nitrogen and oxygen atoms in total. The largest absolute Gasteiger partial charge is 0.394 e. The highest BCUT2D eigenvalue weighted by atomic mass is 16.7. The number of hydrogen-bond donors (Lipinski definition) is 9. The van der Waals surface area contributed by atoms with E-state index in [4.69, 9.17) is 18.9 Å². The summed E-state index contributed by atoms with van der Waals surface area (Å²) in [5, 5.41) is 87.3. The molecule has 12 unspecified atom stereocenters. The monoisotopic (exact) mass is 1160 g/mol. The molecule has 0 aromatic carbocycles. The van der Waals surface area contributed by atoms with E-state index in [1.807, 2.05) is 6.08 Å². The topological polar surface area (TPSA) is 228 Å². The van der Waals surface area contributed by atoms with E-state index >= 15 is 0 Å². The number of allylic oxidation sites excluding steroid dienone is 11. The molecule has 12 atom stereocenters. The third kappa shape index (κ3) is 37.1. The molecule has 0 aliphatic carbocycles. The fraction of sp³-hybridized carbons (Fsp3) is 0.809. The summed E-state index contributed by atoms with van der Waals surface area (Å²) in [7, 11) is 0. The van der Waals surface area contributed by atoms with Gasteiger partial charge in [0.25, 0.3) is 0 Å². The van der Waals surface area contributed by atoms with Gasteiger partial charge in [-0.05, 0) is 70.6 Å². The zero-order chi connectivity index (χ0) is 59.5. The van der Waals surface area contributed by atoms with Crippen LogP contribution in [0.2, 0.25) is 0 Å². The van der Waals surface area contributed by atoms with Crippen LogP contribution in [0.5, 0.6) is 0 Å². The van der Waals surface area contributed by atoms with Gasteiger partial charge in [-0.1, -0.05) is 254 Å².